The molecule has 0 aliphatic heterocycles. The van der Waals surface area contributed by atoms with Gasteiger partial charge in [-0.15, -0.1) is 0 Å². The first-order valence-corrected chi connectivity index (χ1v) is 9.39. The SMILES string of the molecule is O=C(O)COC1CC(c2ccc(-c3cc(Oc4cccnc4)ccc3F)cc2)C1. The first kappa shape index (κ1) is 19.1. The van der Waals surface area contributed by atoms with Crippen LogP contribution in [0.1, 0.15) is 24.3 Å². The maximum Gasteiger partial charge on any atom is 0.329 e. The van der Waals surface area contributed by atoms with Crippen molar-refractivity contribution >= 4 is 5.97 Å². The first-order chi connectivity index (χ1) is 14.1. The molecule has 0 radical (unpaired) electrons. The van der Waals surface area contributed by atoms with Gasteiger partial charge >= 0.3 is 5.97 Å². The third kappa shape index (κ3) is 4.60. The second kappa shape index (κ2) is 8.41. The molecule has 1 aliphatic rings. The van der Waals surface area contributed by atoms with E-state index in [9.17, 15) is 9.18 Å². The number of nitrogens with zero attached hydrogens (tertiary/aromatic N) is 1. The number of aromatic nitrogens is 1. The van der Waals surface area contributed by atoms with Crippen LogP contribution in [0.15, 0.2) is 67.0 Å². The lowest BCUT2D eigenvalue weighted by molar-refractivity contribution is -0.146. The van der Waals surface area contributed by atoms with E-state index < -0.39 is 5.97 Å². The summed E-state index contributed by atoms with van der Waals surface area (Å²) in [6.45, 7) is -0.257. The van der Waals surface area contributed by atoms with E-state index in [4.69, 9.17) is 14.6 Å². The van der Waals surface area contributed by atoms with E-state index in [0.29, 0.717) is 23.0 Å². The van der Waals surface area contributed by atoms with Crippen LogP contribution in [0.25, 0.3) is 11.1 Å². The number of benzene rings is 2. The number of carboxylic acids is 1. The van der Waals surface area contributed by atoms with E-state index in [-0.39, 0.29) is 18.5 Å². The second-order valence-electron chi connectivity index (χ2n) is 7.05. The summed E-state index contributed by atoms with van der Waals surface area (Å²) in [6.07, 6.45) is 4.86. The number of aliphatic carboxylic acids is 1. The topological polar surface area (TPSA) is 68.7 Å². The summed E-state index contributed by atoms with van der Waals surface area (Å²) < 4.78 is 25.4. The summed E-state index contributed by atoms with van der Waals surface area (Å²) in [5.41, 5.74) is 2.38. The zero-order valence-electron chi connectivity index (χ0n) is 15.6. The number of hydrogen-bond acceptors (Lipinski definition) is 4. The van der Waals surface area contributed by atoms with Crippen LogP contribution in [0.4, 0.5) is 4.39 Å². The average Bonchev–Trinajstić information content (AvgIpc) is 2.69. The maximum absolute atomic E-state index is 14.4. The van der Waals surface area contributed by atoms with Gasteiger partial charge in [0.15, 0.2) is 0 Å². The molecule has 1 aliphatic carbocycles. The summed E-state index contributed by atoms with van der Waals surface area (Å²) in [5.74, 6) is 0.200. The van der Waals surface area contributed by atoms with Crippen LogP contribution in [0.3, 0.4) is 0 Å². The lowest BCUT2D eigenvalue weighted by atomic mass is 9.77. The predicted octanol–water partition coefficient (Wildman–Crippen LogP) is 5.03. The van der Waals surface area contributed by atoms with Gasteiger partial charge in [0.25, 0.3) is 0 Å². The minimum absolute atomic E-state index is 0.00507. The van der Waals surface area contributed by atoms with Gasteiger partial charge in [0, 0.05) is 11.8 Å². The molecule has 1 N–H and O–H groups in total. The van der Waals surface area contributed by atoms with Gasteiger partial charge in [0.05, 0.1) is 12.3 Å². The molecule has 0 spiro atoms. The van der Waals surface area contributed by atoms with E-state index in [1.54, 1.807) is 36.7 Å². The van der Waals surface area contributed by atoms with Crippen molar-refractivity contribution in [2.45, 2.75) is 24.9 Å². The summed E-state index contributed by atoms with van der Waals surface area (Å²) in [7, 11) is 0. The van der Waals surface area contributed by atoms with E-state index >= 15 is 0 Å². The Bertz CT molecular complexity index is 986. The molecule has 1 heterocycles. The normalized spacial score (nSPS) is 18.1. The van der Waals surface area contributed by atoms with Crippen LogP contribution in [-0.4, -0.2) is 28.8 Å². The highest BCUT2D eigenvalue weighted by molar-refractivity contribution is 5.68. The molecule has 1 aromatic heterocycles. The molecule has 0 bridgehead atoms. The molecular formula is C23H20FNO4. The van der Waals surface area contributed by atoms with Crippen molar-refractivity contribution in [3.05, 3.63) is 78.4 Å². The van der Waals surface area contributed by atoms with Crippen molar-refractivity contribution in [2.75, 3.05) is 6.61 Å². The quantitative estimate of drug-likeness (QED) is 0.610. The Labute approximate surface area is 167 Å². The summed E-state index contributed by atoms with van der Waals surface area (Å²) in [5, 5.41) is 8.66. The Morgan fingerprint density at radius 1 is 1.10 bits per heavy atom. The number of pyridine rings is 1. The predicted molar refractivity (Wildman–Crippen MR) is 105 cm³/mol. The fourth-order valence-electron chi connectivity index (χ4n) is 3.43. The summed E-state index contributed by atoms with van der Waals surface area (Å²) in [6, 6.07) is 16.0. The average molecular weight is 393 g/mol. The van der Waals surface area contributed by atoms with Gasteiger partial charge in [0.1, 0.15) is 23.9 Å². The number of carboxylic acid groups (broad SMARTS) is 1. The van der Waals surface area contributed by atoms with Crippen molar-refractivity contribution in [3.8, 4) is 22.6 Å². The smallest absolute Gasteiger partial charge is 0.329 e. The fraction of sp³-hybridized carbons (Fsp3) is 0.217. The molecule has 148 valence electrons. The number of halogens is 1. The van der Waals surface area contributed by atoms with Crippen LogP contribution in [-0.2, 0) is 9.53 Å². The lowest BCUT2D eigenvalue weighted by Crippen LogP contribution is -2.31. The van der Waals surface area contributed by atoms with Crippen molar-refractivity contribution in [1.29, 1.82) is 0 Å². The Kier molecular flexibility index (Phi) is 5.53. The van der Waals surface area contributed by atoms with Gasteiger partial charge in [0.2, 0.25) is 0 Å². The van der Waals surface area contributed by atoms with Gasteiger partial charge in [-0.05, 0) is 60.2 Å². The van der Waals surface area contributed by atoms with Gasteiger partial charge in [-0.2, -0.15) is 0 Å². The van der Waals surface area contributed by atoms with E-state index in [1.807, 2.05) is 24.3 Å². The highest BCUT2D eigenvalue weighted by Crippen LogP contribution is 2.39. The Morgan fingerprint density at radius 2 is 1.90 bits per heavy atom. The number of carbonyl (C=O) groups is 1. The highest BCUT2D eigenvalue weighted by Gasteiger charge is 2.31. The van der Waals surface area contributed by atoms with Crippen LogP contribution < -0.4 is 4.74 Å². The summed E-state index contributed by atoms with van der Waals surface area (Å²) in [4.78, 5) is 14.6. The van der Waals surface area contributed by atoms with E-state index in [2.05, 4.69) is 4.98 Å². The molecule has 4 rings (SSSR count). The molecule has 0 atom stereocenters. The highest BCUT2D eigenvalue weighted by atomic mass is 19.1. The van der Waals surface area contributed by atoms with Crippen molar-refractivity contribution in [1.82, 2.24) is 4.98 Å². The number of rotatable bonds is 7. The van der Waals surface area contributed by atoms with Crippen LogP contribution in [0.5, 0.6) is 11.5 Å². The van der Waals surface area contributed by atoms with Crippen LogP contribution in [0, 0.1) is 5.82 Å². The van der Waals surface area contributed by atoms with Gasteiger partial charge in [-0.25, -0.2) is 9.18 Å². The molecule has 6 heteroatoms. The number of hydrogen-bond donors (Lipinski definition) is 1. The van der Waals surface area contributed by atoms with Crippen molar-refractivity contribution < 1.29 is 23.8 Å². The van der Waals surface area contributed by atoms with Crippen LogP contribution >= 0.6 is 0 Å². The van der Waals surface area contributed by atoms with E-state index in [1.165, 1.54) is 6.07 Å². The third-order valence-electron chi connectivity index (χ3n) is 5.04. The minimum Gasteiger partial charge on any atom is -0.480 e. The molecule has 0 saturated heterocycles. The van der Waals surface area contributed by atoms with E-state index in [0.717, 1.165) is 24.0 Å². The Balaban J connectivity index is 1.44. The first-order valence-electron chi connectivity index (χ1n) is 9.39. The molecule has 1 fully saturated rings. The Hall–Kier alpha value is -3.25. The third-order valence-corrected chi connectivity index (χ3v) is 5.04. The molecule has 2 aromatic carbocycles. The maximum atomic E-state index is 14.4. The Morgan fingerprint density at radius 3 is 2.59 bits per heavy atom. The van der Waals surface area contributed by atoms with Gasteiger partial charge in [-0.3, -0.25) is 4.98 Å². The fourth-order valence-corrected chi connectivity index (χ4v) is 3.43. The molecule has 0 amide bonds. The summed E-state index contributed by atoms with van der Waals surface area (Å²) >= 11 is 0. The molecule has 0 unspecified atom stereocenters. The van der Waals surface area contributed by atoms with Crippen LogP contribution in [0.2, 0.25) is 0 Å². The zero-order chi connectivity index (χ0) is 20.2. The number of ether oxygens (including phenoxy) is 2. The van der Waals surface area contributed by atoms with Gasteiger partial charge < -0.3 is 14.6 Å². The largest absolute Gasteiger partial charge is 0.480 e. The lowest BCUT2D eigenvalue weighted by Gasteiger charge is -2.35. The molecule has 29 heavy (non-hydrogen) atoms. The molecule has 1 saturated carbocycles. The minimum atomic E-state index is -0.949. The zero-order valence-corrected chi connectivity index (χ0v) is 15.6. The van der Waals surface area contributed by atoms with Gasteiger partial charge in [-0.1, -0.05) is 24.3 Å². The van der Waals surface area contributed by atoms with Crippen molar-refractivity contribution in [2.24, 2.45) is 0 Å². The monoisotopic (exact) mass is 393 g/mol. The molecule has 3 aromatic rings. The standard InChI is InChI=1S/C23H20FNO4/c24-22-8-7-18(29-19-2-1-9-25-13-19)12-21(22)16-5-3-15(4-6-16)17-10-20(11-17)28-14-23(26)27/h1-9,12-13,17,20H,10-11,14H2,(H,26,27). The molecule has 5 nitrogen and oxygen atoms in total. The molecular weight excluding hydrogens is 373 g/mol. The van der Waals surface area contributed by atoms with Crippen molar-refractivity contribution in [3.63, 3.8) is 0 Å². The second-order valence-corrected chi connectivity index (χ2v) is 7.05.